The molecule has 0 aromatic carbocycles. The number of hydrogen-bond acceptors (Lipinski definition) is 5. The molecule has 0 amide bonds. The van der Waals surface area contributed by atoms with Gasteiger partial charge in [-0.25, -0.2) is 0 Å². The predicted molar refractivity (Wildman–Crippen MR) is 106 cm³/mol. The molecular weight excluding hydrogens is 348 g/mol. The fourth-order valence-electron chi connectivity index (χ4n) is 2.34. The Morgan fingerprint density at radius 2 is 1.30 bits per heavy atom. The van der Waals surface area contributed by atoms with Gasteiger partial charge in [0.2, 0.25) is 0 Å². The molecular formula is C20H30N2O5. The first-order chi connectivity index (χ1) is 13.0. The summed E-state index contributed by atoms with van der Waals surface area (Å²) in [6.07, 6.45) is 18.1. The van der Waals surface area contributed by atoms with E-state index in [4.69, 9.17) is 0 Å². The number of carbonyl (C=O) groups is 1. The quantitative estimate of drug-likeness (QED) is 0.115. The van der Waals surface area contributed by atoms with E-state index in [2.05, 4.69) is 0 Å². The normalized spacial score (nSPS) is 12.8. The molecule has 150 valence electrons. The fraction of sp³-hybridized carbons (Fsp3) is 0.550. The predicted octanol–water partition coefficient (Wildman–Crippen LogP) is 5.54. The highest BCUT2D eigenvalue weighted by Gasteiger charge is 2.20. The summed E-state index contributed by atoms with van der Waals surface area (Å²) in [5.74, 6) is 0. The van der Waals surface area contributed by atoms with Crippen molar-refractivity contribution >= 4 is 6.29 Å². The lowest BCUT2D eigenvalue weighted by molar-refractivity contribution is -0.450. The molecule has 0 fully saturated rings. The average molecular weight is 378 g/mol. The second-order valence-corrected chi connectivity index (χ2v) is 6.06. The van der Waals surface area contributed by atoms with Crippen molar-refractivity contribution in [3.63, 3.8) is 0 Å². The number of rotatable bonds is 16. The molecule has 0 rings (SSSR count). The van der Waals surface area contributed by atoms with Crippen molar-refractivity contribution in [3.05, 3.63) is 68.1 Å². The lowest BCUT2D eigenvalue weighted by atomic mass is 10.1. The van der Waals surface area contributed by atoms with E-state index < -0.39 is 9.85 Å². The molecule has 0 aliphatic heterocycles. The lowest BCUT2D eigenvalue weighted by Crippen LogP contribution is -2.06. The summed E-state index contributed by atoms with van der Waals surface area (Å²) in [5, 5.41) is 22.2. The highest BCUT2D eigenvalue weighted by Crippen LogP contribution is 2.15. The van der Waals surface area contributed by atoms with Gasteiger partial charge in [0.1, 0.15) is 12.7 Å². The molecule has 0 unspecified atom stereocenters. The summed E-state index contributed by atoms with van der Waals surface area (Å²) in [6.45, 7) is 1.96. The maximum Gasteiger partial charge on any atom is 0.253 e. The second kappa shape index (κ2) is 16.9. The minimum atomic E-state index is -0.558. The number of nitrogens with zero attached hydrogens (tertiary/aromatic N) is 2. The minimum Gasteiger partial charge on any atom is -0.303 e. The van der Waals surface area contributed by atoms with Crippen LogP contribution in [0.4, 0.5) is 0 Å². The average Bonchev–Trinajstić information content (AvgIpc) is 2.63. The van der Waals surface area contributed by atoms with Crippen molar-refractivity contribution in [2.24, 2.45) is 0 Å². The number of aldehydes is 1. The van der Waals surface area contributed by atoms with Crippen LogP contribution in [-0.4, -0.2) is 16.1 Å². The van der Waals surface area contributed by atoms with Crippen LogP contribution < -0.4 is 0 Å². The van der Waals surface area contributed by atoms with Gasteiger partial charge in [-0.1, -0.05) is 44.1 Å². The zero-order valence-electron chi connectivity index (χ0n) is 16.0. The first-order valence-electron chi connectivity index (χ1n) is 9.43. The molecule has 0 spiro atoms. The topological polar surface area (TPSA) is 103 Å². The Hall–Kier alpha value is -2.57. The molecule has 7 heteroatoms. The van der Waals surface area contributed by atoms with Gasteiger partial charge in [-0.05, 0) is 50.7 Å². The lowest BCUT2D eigenvalue weighted by Gasteiger charge is -1.98. The van der Waals surface area contributed by atoms with E-state index in [1.165, 1.54) is 12.2 Å². The molecule has 0 bridgehead atoms. The van der Waals surface area contributed by atoms with Gasteiger partial charge in [-0.15, -0.1) is 0 Å². The van der Waals surface area contributed by atoms with E-state index in [0.717, 1.165) is 44.8 Å². The van der Waals surface area contributed by atoms with Crippen LogP contribution in [0.3, 0.4) is 0 Å². The summed E-state index contributed by atoms with van der Waals surface area (Å²) >= 11 is 0. The third-order valence-corrected chi connectivity index (χ3v) is 3.82. The Kier molecular flexibility index (Phi) is 15.3. The van der Waals surface area contributed by atoms with Crippen molar-refractivity contribution < 1.29 is 14.6 Å². The molecule has 0 aliphatic rings. The fourth-order valence-corrected chi connectivity index (χ4v) is 2.34. The molecule has 0 aromatic heterocycles. The van der Waals surface area contributed by atoms with Crippen molar-refractivity contribution in [2.45, 2.75) is 71.1 Å². The minimum absolute atomic E-state index is 0.155. The van der Waals surface area contributed by atoms with Gasteiger partial charge < -0.3 is 4.79 Å². The highest BCUT2D eigenvalue weighted by molar-refractivity contribution is 5.48. The van der Waals surface area contributed by atoms with Gasteiger partial charge >= 0.3 is 0 Å². The number of allylic oxidation sites excluding steroid dienone is 6. The van der Waals surface area contributed by atoms with Gasteiger partial charge in [0.25, 0.3) is 11.4 Å². The molecule has 7 nitrogen and oxygen atoms in total. The van der Waals surface area contributed by atoms with E-state index in [1.807, 2.05) is 25.2 Å². The Labute approximate surface area is 160 Å². The molecule has 0 N–H and O–H groups in total. The molecule has 0 saturated carbocycles. The van der Waals surface area contributed by atoms with Crippen LogP contribution >= 0.6 is 0 Å². The third kappa shape index (κ3) is 14.3. The van der Waals surface area contributed by atoms with Crippen LogP contribution in [0, 0.1) is 20.2 Å². The van der Waals surface area contributed by atoms with Gasteiger partial charge in [-0.3, -0.25) is 20.2 Å². The summed E-state index contributed by atoms with van der Waals surface area (Å²) in [4.78, 5) is 31.3. The zero-order valence-corrected chi connectivity index (χ0v) is 16.0. The Morgan fingerprint density at radius 1 is 0.778 bits per heavy atom. The largest absolute Gasteiger partial charge is 0.303 e. The monoisotopic (exact) mass is 378 g/mol. The molecule has 0 radical (unpaired) electrons. The van der Waals surface area contributed by atoms with Crippen LogP contribution in [0.2, 0.25) is 0 Å². The van der Waals surface area contributed by atoms with E-state index in [9.17, 15) is 25.0 Å². The maximum absolute atomic E-state index is 11.1. The molecule has 27 heavy (non-hydrogen) atoms. The number of carbonyl (C=O) groups excluding carboxylic acids is 1. The van der Waals surface area contributed by atoms with Gasteiger partial charge in [0.05, 0.1) is 9.85 Å². The van der Waals surface area contributed by atoms with E-state index >= 15 is 0 Å². The van der Waals surface area contributed by atoms with E-state index in [-0.39, 0.29) is 17.8 Å². The maximum atomic E-state index is 11.1. The number of unbranched alkanes of at least 4 members (excludes halogenated alkanes) is 5. The standard InChI is InChI=1S/C20H30N2O5/c1-2-3-4-12-15-19(21(24)25)18-20(22(26)27)16-13-10-8-6-5-7-9-11-14-17-23/h3-4,8,10,15-17H,2,5-7,9,11-14,18H2,1H3/b4-3-,10-8-,19-15+,20-16+. The van der Waals surface area contributed by atoms with Crippen molar-refractivity contribution in [1.29, 1.82) is 0 Å². The Morgan fingerprint density at radius 3 is 1.78 bits per heavy atom. The molecule has 0 atom stereocenters. The summed E-state index contributed by atoms with van der Waals surface area (Å²) in [5.41, 5.74) is -0.311. The zero-order chi connectivity index (χ0) is 20.3. The third-order valence-electron chi connectivity index (χ3n) is 3.82. The van der Waals surface area contributed by atoms with Crippen molar-refractivity contribution in [3.8, 4) is 0 Å². The molecule has 0 saturated heterocycles. The van der Waals surface area contributed by atoms with Crippen LogP contribution in [0.1, 0.15) is 71.1 Å². The first kappa shape index (κ1) is 24.4. The SMILES string of the molecule is CC/C=C\C/C=C(\C/C(=C\C/C=C\CCCCCCC=O)[N+](=O)[O-])[N+](=O)[O-]. The van der Waals surface area contributed by atoms with Crippen molar-refractivity contribution in [2.75, 3.05) is 0 Å². The van der Waals surface area contributed by atoms with Crippen LogP contribution in [0.5, 0.6) is 0 Å². The first-order valence-corrected chi connectivity index (χ1v) is 9.43. The van der Waals surface area contributed by atoms with Crippen LogP contribution in [0.15, 0.2) is 47.9 Å². The Bertz CT molecular complexity index is 577. The van der Waals surface area contributed by atoms with Gasteiger partial charge in [0, 0.05) is 6.42 Å². The molecule has 0 aliphatic carbocycles. The van der Waals surface area contributed by atoms with E-state index in [0.29, 0.717) is 19.3 Å². The van der Waals surface area contributed by atoms with Crippen molar-refractivity contribution in [1.82, 2.24) is 0 Å². The smallest absolute Gasteiger partial charge is 0.253 e. The number of hydrogen-bond donors (Lipinski definition) is 0. The van der Waals surface area contributed by atoms with E-state index in [1.54, 1.807) is 6.08 Å². The summed E-state index contributed by atoms with van der Waals surface area (Å²) in [7, 11) is 0. The summed E-state index contributed by atoms with van der Waals surface area (Å²) < 4.78 is 0. The highest BCUT2D eigenvalue weighted by atomic mass is 16.6. The van der Waals surface area contributed by atoms with Crippen LogP contribution in [0.25, 0.3) is 0 Å². The molecule has 0 aromatic rings. The van der Waals surface area contributed by atoms with Crippen LogP contribution in [-0.2, 0) is 4.79 Å². The summed E-state index contributed by atoms with van der Waals surface area (Å²) in [6, 6.07) is 0. The Balaban J connectivity index is 4.48. The molecule has 0 heterocycles. The van der Waals surface area contributed by atoms with Gasteiger partial charge in [-0.2, -0.15) is 0 Å². The number of nitro groups is 2. The van der Waals surface area contributed by atoms with Gasteiger partial charge in [0.15, 0.2) is 0 Å². The second-order valence-electron chi connectivity index (χ2n) is 6.06.